The molecule has 24 heavy (non-hydrogen) atoms. The van der Waals surface area contributed by atoms with E-state index in [1.54, 1.807) is 30.3 Å². The third-order valence-electron chi connectivity index (χ3n) is 4.29. The number of hydrogen-bond donors (Lipinski definition) is 1. The van der Waals surface area contributed by atoms with E-state index in [0.717, 1.165) is 12.0 Å². The number of hydrogen-bond acceptors (Lipinski definition) is 3. The molecule has 1 N–H and O–H groups in total. The van der Waals surface area contributed by atoms with Gasteiger partial charge in [-0.25, -0.2) is 9.18 Å². The Balaban J connectivity index is 1.44. The van der Waals surface area contributed by atoms with Gasteiger partial charge in [0.2, 0.25) is 5.91 Å². The van der Waals surface area contributed by atoms with Crippen molar-refractivity contribution in [2.75, 3.05) is 0 Å². The third-order valence-corrected chi connectivity index (χ3v) is 4.29. The highest BCUT2D eigenvalue weighted by Gasteiger charge is 2.39. The van der Waals surface area contributed by atoms with Crippen LogP contribution in [0.15, 0.2) is 57.7 Å². The van der Waals surface area contributed by atoms with Crippen molar-refractivity contribution in [1.29, 1.82) is 0 Å². The second-order valence-electron chi connectivity index (χ2n) is 5.99. The fraction of sp³-hybridized carbons (Fsp3) is 0.222. The van der Waals surface area contributed by atoms with Gasteiger partial charge in [0.05, 0.1) is 5.52 Å². The van der Waals surface area contributed by atoms with Gasteiger partial charge in [0.25, 0.3) is 0 Å². The van der Waals surface area contributed by atoms with Crippen LogP contribution in [0, 0.1) is 5.82 Å². The third kappa shape index (κ3) is 2.71. The molecule has 1 aliphatic rings. The molecular weight excluding hydrogens is 311 g/mol. The number of fused-ring (bicyclic) bond motifs is 1. The van der Waals surface area contributed by atoms with Gasteiger partial charge in [-0.15, -0.1) is 0 Å². The maximum Gasteiger partial charge on any atom is 0.420 e. The van der Waals surface area contributed by atoms with Gasteiger partial charge in [-0.1, -0.05) is 24.3 Å². The molecule has 0 saturated heterocycles. The standard InChI is InChI=1S/C18H15FN2O3/c19-12-5-3-4-11(8-12)13-9-14(13)20-17(22)10-21-15-6-1-2-7-16(15)24-18(21)23/h1-8,13-14H,9-10H2,(H,20,22)/t13-,14-/m0/s1. The lowest BCUT2D eigenvalue weighted by atomic mass is 10.1. The number of halogens is 1. The summed E-state index contributed by atoms with van der Waals surface area (Å²) in [6, 6.07) is 13.4. The van der Waals surface area contributed by atoms with Gasteiger partial charge in [-0.3, -0.25) is 9.36 Å². The molecule has 5 nitrogen and oxygen atoms in total. The molecule has 0 spiro atoms. The molecule has 0 bridgehead atoms. The summed E-state index contributed by atoms with van der Waals surface area (Å²) in [5, 5.41) is 2.89. The number of rotatable bonds is 4. The van der Waals surface area contributed by atoms with Gasteiger partial charge in [0, 0.05) is 12.0 Å². The quantitative estimate of drug-likeness (QED) is 0.801. The van der Waals surface area contributed by atoms with Gasteiger partial charge in [-0.2, -0.15) is 0 Å². The predicted octanol–water partition coefficient (Wildman–Crippen LogP) is 2.41. The van der Waals surface area contributed by atoms with E-state index in [-0.39, 0.29) is 30.2 Å². The molecular formula is C18H15FN2O3. The minimum Gasteiger partial charge on any atom is -0.408 e. The summed E-state index contributed by atoms with van der Waals surface area (Å²) < 4.78 is 19.7. The molecule has 0 radical (unpaired) electrons. The fourth-order valence-electron chi connectivity index (χ4n) is 3.02. The Morgan fingerprint density at radius 1 is 1.25 bits per heavy atom. The van der Waals surface area contributed by atoms with Gasteiger partial charge in [-0.05, 0) is 36.2 Å². The molecule has 1 fully saturated rings. The molecule has 1 aliphatic carbocycles. The van der Waals surface area contributed by atoms with Crippen molar-refractivity contribution in [3.8, 4) is 0 Å². The van der Waals surface area contributed by atoms with E-state index in [1.807, 2.05) is 6.07 Å². The van der Waals surface area contributed by atoms with Crippen LogP contribution in [0.1, 0.15) is 17.9 Å². The summed E-state index contributed by atoms with van der Waals surface area (Å²) >= 11 is 0. The second-order valence-corrected chi connectivity index (χ2v) is 5.99. The van der Waals surface area contributed by atoms with Crippen molar-refractivity contribution in [1.82, 2.24) is 9.88 Å². The Labute approximate surface area is 136 Å². The number of nitrogens with one attached hydrogen (secondary N) is 1. The zero-order valence-electron chi connectivity index (χ0n) is 12.7. The summed E-state index contributed by atoms with van der Waals surface area (Å²) in [7, 11) is 0. The highest BCUT2D eigenvalue weighted by Crippen LogP contribution is 2.40. The van der Waals surface area contributed by atoms with Crippen LogP contribution < -0.4 is 11.1 Å². The monoisotopic (exact) mass is 326 g/mol. The van der Waals surface area contributed by atoms with E-state index < -0.39 is 5.76 Å². The molecule has 3 aromatic rings. The normalized spacial score (nSPS) is 19.4. The first kappa shape index (κ1) is 14.7. The summed E-state index contributed by atoms with van der Waals surface area (Å²) in [6.07, 6.45) is 0.774. The zero-order valence-corrected chi connectivity index (χ0v) is 12.7. The van der Waals surface area contributed by atoms with Crippen LogP contribution in [0.5, 0.6) is 0 Å². The second kappa shape index (κ2) is 5.63. The number of nitrogens with zero attached hydrogens (tertiary/aromatic N) is 1. The summed E-state index contributed by atoms with van der Waals surface area (Å²) in [5.74, 6) is -0.959. The highest BCUT2D eigenvalue weighted by atomic mass is 19.1. The summed E-state index contributed by atoms with van der Waals surface area (Å²) in [4.78, 5) is 24.1. The molecule has 122 valence electrons. The topological polar surface area (TPSA) is 64.2 Å². The minimum absolute atomic E-state index is 0.0202. The smallest absolute Gasteiger partial charge is 0.408 e. The number of oxazole rings is 1. The Hall–Kier alpha value is -2.89. The molecule has 0 aliphatic heterocycles. The summed E-state index contributed by atoms with van der Waals surface area (Å²) in [6.45, 7) is -0.0950. The number of para-hydroxylation sites is 2. The maximum atomic E-state index is 13.3. The van der Waals surface area contributed by atoms with Crippen molar-refractivity contribution in [2.45, 2.75) is 24.9 Å². The van der Waals surface area contributed by atoms with Crippen molar-refractivity contribution in [3.05, 3.63) is 70.5 Å². The van der Waals surface area contributed by atoms with Crippen LogP contribution in [0.2, 0.25) is 0 Å². The average Bonchev–Trinajstić information content (AvgIpc) is 3.25. The average molecular weight is 326 g/mol. The van der Waals surface area contributed by atoms with E-state index in [1.165, 1.54) is 16.7 Å². The molecule has 2 aromatic carbocycles. The van der Waals surface area contributed by atoms with Crippen molar-refractivity contribution < 1.29 is 13.6 Å². The first-order valence-corrected chi connectivity index (χ1v) is 7.75. The van der Waals surface area contributed by atoms with Gasteiger partial charge < -0.3 is 9.73 Å². The lowest BCUT2D eigenvalue weighted by molar-refractivity contribution is -0.121. The van der Waals surface area contributed by atoms with Crippen molar-refractivity contribution in [2.24, 2.45) is 0 Å². The van der Waals surface area contributed by atoms with Crippen LogP contribution in [0.4, 0.5) is 4.39 Å². The number of amides is 1. The molecule has 1 amide bonds. The first-order chi connectivity index (χ1) is 11.6. The van der Waals surface area contributed by atoms with Crippen LogP contribution in [0.3, 0.4) is 0 Å². The van der Waals surface area contributed by atoms with E-state index in [2.05, 4.69) is 5.32 Å². The van der Waals surface area contributed by atoms with E-state index in [9.17, 15) is 14.0 Å². The molecule has 6 heteroatoms. The maximum absolute atomic E-state index is 13.3. The summed E-state index contributed by atoms with van der Waals surface area (Å²) in [5.41, 5.74) is 1.93. The van der Waals surface area contributed by atoms with E-state index in [0.29, 0.717) is 11.1 Å². The lowest BCUT2D eigenvalue weighted by Crippen LogP contribution is -2.32. The zero-order chi connectivity index (χ0) is 16.7. The Morgan fingerprint density at radius 3 is 2.92 bits per heavy atom. The SMILES string of the molecule is O=C(Cn1c(=O)oc2ccccc21)N[C@H]1C[C@H]1c1cccc(F)c1. The number of benzene rings is 2. The molecule has 1 aromatic heterocycles. The highest BCUT2D eigenvalue weighted by molar-refractivity contribution is 5.80. The van der Waals surface area contributed by atoms with Crippen LogP contribution >= 0.6 is 0 Å². The molecule has 2 atom stereocenters. The minimum atomic E-state index is -0.552. The van der Waals surface area contributed by atoms with Crippen LogP contribution in [-0.2, 0) is 11.3 Å². The van der Waals surface area contributed by atoms with Crippen LogP contribution in [-0.4, -0.2) is 16.5 Å². The molecule has 4 rings (SSSR count). The van der Waals surface area contributed by atoms with Gasteiger partial charge in [0.1, 0.15) is 12.4 Å². The number of aromatic nitrogens is 1. The van der Waals surface area contributed by atoms with Crippen molar-refractivity contribution >= 4 is 17.0 Å². The van der Waals surface area contributed by atoms with Crippen LogP contribution in [0.25, 0.3) is 11.1 Å². The fourth-order valence-corrected chi connectivity index (χ4v) is 3.02. The van der Waals surface area contributed by atoms with Crippen molar-refractivity contribution in [3.63, 3.8) is 0 Å². The number of carbonyl (C=O) groups is 1. The largest absolute Gasteiger partial charge is 0.420 e. The van der Waals surface area contributed by atoms with Gasteiger partial charge in [0.15, 0.2) is 5.58 Å². The molecule has 1 heterocycles. The van der Waals surface area contributed by atoms with E-state index >= 15 is 0 Å². The predicted molar refractivity (Wildman–Crippen MR) is 86.2 cm³/mol. The first-order valence-electron chi connectivity index (χ1n) is 7.75. The Kier molecular flexibility index (Phi) is 3.45. The number of carbonyl (C=O) groups excluding carboxylic acids is 1. The molecule has 1 saturated carbocycles. The van der Waals surface area contributed by atoms with Gasteiger partial charge >= 0.3 is 5.76 Å². The van der Waals surface area contributed by atoms with E-state index in [4.69, 9.17) is 4.42 Å². The Morgan fingerprint density at radius 2 is 2.08 bits per heavy atom. The Bertz CT molecular complexity index is 976. The lowest BCUT2D eigenvalue weighted by Gasteiger charge is -2.06. The molecule has 0 unspecified atom stereocenters.